The molecule has 0 saturated carbocycles. The average Bonchev–Trinajstić information content (AvgIpc) is 3.41. The molecule has 0 spiro atoms. The van der Waals surface area contributed by atoms with Crippen LogP contribution in [0.2, 0.25) is 0 Å². The third kappa shape index (κ3) is 65.8. The Bertz CT molecular complexity index is 1820. The van der Waals surface area contributed by atoms with Crippen LogP contribution in [0.1, 0.15) is 376 Å². The molecule has 0 aliphatic rings. The molecule has 0 aromatic rings. The largest absolute Gasteiger partial charge is 0.472 e. The van der Waals surface area contributed by atoms with E-state index in [1.165, 1.54) is 186 Å². The van der Waals surface area contributed by atoms with Crippen molar-refractivity contribution in [1.29, 1.82) is 0 Å². The fraction of sp³-hybridized carbons (Fsp3) is 0.946. The summed E-state index contributed by atoms with van der Waals surface area (Å²) in [5.41, 5.74) is 0. The van der Waals surface area contributed by atoms with E-state index in [1.54, 1.807) is 0 Å². The van der Waals surface area contributed by atoms with E-state index in [0.717, 1.165) is 108 Å². The Morgan fingerprint density at radius 2 is 0.548 bits per heavy atom. The van der Waals surface area contributed by atoms with Gasteiger partial charge in [0.2, 0.25) is 0 Å². The molecule has 0 aliphatic heterocycles. The van der Waals surface area contributed by atoms with Crippen LogP contribution in [-0.4, -0.2) is 96.7 Å². The predicted octanol–water partition coefficient (Wildman–Crippen LogP) is 21.4. The van der Waals surface area contributed by atoms with Crippen LogP contribution in [0, 0.1) is 17.8 Å². The van der Waals surface area contributed by atoms with Crippen LogP contribution in [0.5, 0.6) is 0 Å². The summed E-state index contributed by atoms with van der Waals surface area (Å²) in [5, 5.41) is 10.6. The van der Waals surface area contributed by atoms with Gasteiger partial charge in [0.25, 0.3) is 0 Å². The summed E-state index contributed by atoms with van der Waals surface area (Å²) in [6.45, 7) is 11.9. The number of aliphatic hydroxyl groups is 1. The first-order valence-corrected chi connectivity index (χ1v) is 41.4. The zero-order valence-corrected chi connectivity index (χ0v) is 62.5. The van der Waals surface area contributed by atoms with Crippen molar-refractivity contribution in [2.75, 3.05) is 39.6 Å². The van der Waals surface area contributed by atoms with Crippen LogP contribution < -0.4 is 0 Å². The van der Waals surface area contributed by atoms with Gasteiger partial charge in [-0.2, -0.15) is 0 Å². The van der Waals surface area contributed by atoms with E-state index in [1.807, 2.05) is 0 Å². The number of aliphatic hydroxyl groups excluding tert-OH is 1. The molecular weight excluding hydrogens is 1220 g/mol. The molecule has 0 bridgehead atoms. The molecule has 0 aromatic heterocycles. The third-order valence-electron chi connectivity index (χ3n) is 17.9. The Morgan fingerprint density at radius 1 is 0.312 bits per heavy atom. The number of phosphoric acid groups is 2. The quantitative estimate of drug-likeness (QED) is 0.0222. The maximum Gasteiger partial charge on any atom is 0.472 e. The van der Waals surface area contributed by atoms with Gasteiger partial charge in [-0.3, -0.25) is 37.3 Å². The van der Waals surface area contributed by atoms with Gasteiger partial charge in [-0.1, -0.05) is 325 Å². The molecule has 17 nitrogen and oxygen atoms in total. The number of hydrogen-bond acceptors (Lipinski definition) is 15. The van der Waals surface area contributed by atoms with Crippen LogP contribution in [0.25, 0.3) is 0 Å². The predicted molar refractivity (Wildman–Crippen MR) is 377 cm³/mol. The molecule has 0 saturated heterocycles. The number of esters is 4. The molecule has 93 heavy (non-hydrogen) atoms. The van der Waals surface area contributed by atoms with Crippen molar-refractivity contribution in [2.24, 2.45) is 17.8 Å². The smallest absolute Gasteiger partial charge is 0.462 e. The van der Waals surface area contributed by atoms with E-state index >= 15 is 0 Å². The second-order valence-electron chi connectivity index (χ2n) is 27.6. The summed E-state index contributed by atoms with van der Waals surface area (Å²) in [4.78, 5) is 72.8. The second kappa shape index (κ2) is 64.7. The Kier molecular flexibility index (Phi) is 63.4. The molecule has 0 aliphatic carbocycles. The van der Waals surface area contributed by atoms with Crippen molar-refractivity contribution in [3.63, 3.8) is 0 Å². The van der Waals surface area contributed by atoms with E-state index in [2.05, 4.69) is 48.5 Å². The number of ether oxygens (including phenoxy) is 4. The summed E-state index contributed by atoms with van der Waals surface area (Å²) < 4.78 is 68.5. The van der Waals surface area contributed by atoms with E-state index in [4.69, 9.17) is 37.0 Å². The lowest BCUT2D eigenvalue weighted by Crippen LogP contribution is -2.30. The lowest BCUT2D eigenvalue weighted by Gasteiger charge is -2.21. The average molecular weight is 1370 g/mol. The highest BCUT2D eigenvalue weighted by Crippen LogP contribution is 2.45. The normalized spacial score (nSPS) is 14.7. The summed E-state index contributed by atoms with van der Waals surface area (Å²) >= 11 is 0. The van der Waals surface area contributed by atoms with E-state index in [-0.39, 0.29) is 25.7 Å². The highest BCUT2D eigenvalue weighted by atomic mass is 31.2. The van der Waals surface area contributed by atoms with Crippen LogP contribution in [0.15, 0.2) is 0 Å². The molecule has 0 rings (SSSR count). The van der Waals surface area contributed by atoms with Crippen molar-refractivity contribution in [3.8, 4) is 0 Å². The Hall–Kier alpha value is -1.94. The van der Waals surface area contributed by atoms with Gasteiger partial charge in [-0.15, -0.1) is 0 Å². The molecule has 4 unspecified atom stereocenters. The first-order valence-electron chi connectivity index (χ1n) is 38.4. The van der Waals surface area contributed by atoms with Gasteiger partial charge in [0, 0.05) is 25.7 Å². The van der Waals surface area contributed by atoms with Crippen molar-refractivity contribution < 1.29 is 80.2 Å². The summed E-state index contributed by atoms with van der Waals surface area (Å²) in [6.07, 6.45) is 49.6. The maximum atomic E-state index is 13.1. The molecule has 0 amide bonds. The van der Waals surface area contributed by atoms with Crippen LogP contribution in [0.4, 0.5) is 0 Å². The first kappa shape index (κ1) is 91.1. The van der Waals surface area contributed by atoms with Gasteiger partial charge in [-0.05, 0) is 43.4 Å². The number of unbranched alkanes of at least 4 members (excludes halogenated alkanes) is 38. The first-order chi connectivity index (χ1) is 44.8. The lowest BCUT2D eigenvalue weighted by atomic mass is 9.99. The number of carbonyl (C=O) groups is 4. The fourth-order valence-electron chi connectivity index (χ4n) is 11.2. The minimum Gasteiger partial charge on any atom is -0.462 e. The Balaban J connectivity index is 5.28. The summed E-state index contributed by atoms with van der Waals surface area (Å²) in [6, 6.07) is 0. The highest BCUT2D eigenvalue weighted by Gasteiger charge is 2.30. The number of phosphoric ester groups is 2. The summed E-state index contributed by atoms with van der Waals surface area (Å²) in [5.74, 6) is 0.245. The van der Waals surface area contributed by atoms with Crippen molar-refractivity contribution in [3.05, 3.63) is 0 Å². The zero-order chi connectivity index (χ0) is 68.7. The van der Waals surface area contributed by atoms with Crippen LogP contribution >= 0.6 is 15.6 Å². The van der Waals surface area contributed by atoms with Gasteiger partial charge in [-0.25, -0.2) is 9.13 Å². The second-order valence-corrected chi connectivity index (χ2v) is 30.6. The van der Waals surface area contributed by atoms with Gasteiger partial charge >= 0.3 is 39.5 Å². The summed E-state index contributed by atoms with van der Waals surface area (Å²) in [7, 11) is -9.91. The van der Waals surface area contributed by atoms with Crippen molar-refractivity contribution >= 4 is 39.5 Å². The molecule has 0 fully saturated rings. The number of hydrogen-bond donors (Lipinski definition) is 3. The minimum absolute atomic E-state index is 0.106. The molecule has 0 aromatic carbocycles. The van der Waals surface area contributed by atoms with Crippen molar-refractivity contribution in [1.82, 2.24) is 0 Å². The maximum absolute atomic E-state index is 13.1. The molecule has 552 valence electrons. The van der Waals surface area contributed by atoms with Gasteiger partial charge in [0.1, 0.15) is 19.3 Å². The highest BCUT2D eigenvalue weighted by molar-refractivity contribution is 7.47. The van der Waals surface area contributed by atoms with E-state index in [9.17, 15) is 43.2 Å². The van der Waals surface area contributed by atoms with Crippen LogP contribution in [-0.2, 0) is 65.4 Å². The zero-order valence-electron chi connectivity index (χ0n) is 60.7. The number of rotatable bonds is 72. The van der Waals surface area contributed by atoms with Gasteiger partial charge < -0.3 is 33.8 Å². The number of carbonyl (C=O) groups excluding carboxylic acids is 4. The molecule has 19 heteroatoms. The standard InChI is InChI=1S/C74H144O17P2/c1-8-11-12-13-14-15-16-17-27-34-41-48-55-71(76)84-61-69(90-73(78)57-50-43-36-29-21-18-24-31-38-45-52-65(4)5)63-88-92(80,81)86-59-68(75)60-87-93(82,83)89-64-70(91-74(79)58-51-44-37-30-23-20-26-33-40-47-54-67(7)10-3)62-85-72(77)56-49-42-35-28-22-19-25-32-39-46-53-66(6)9-2/h65-70,75H,8-64H2,1-7H3,(H,80,81)(H,82,83)/t66?,67?,68-,69+,70+/m0/s1. The van der Waals surface area contributed by atoms with Gasteiger partial charge in [0.15, 0.2) is 12.2 Å². The van der Waals surface area contributed by atoms with Crippen molar-refractivity contribution in [2.45, 2.75) is 394 Å². The monoisotopic (exact) mass is 1370 g/mol. The molecular formula is C74H144O17P2. The molecule has 3 N–H and O–H groups in total. The minimum atomic E-state index is -4.96. The Labute approximate surface area is 568 Å². The SMILES string of the molecule is CCCCCCCCCCCCCCC(=O)OC[C@H](COP(=O)(O)OC[C@H](O)COP(=O)(O)OC[C@@H](COC(=O)CCCCCCCCCCCCC(C)CC)OC(=O)CCCCCCCCCCCCC(C)CC)OC(=O)CCCCCCCCCCCCC(C)C. The third-order valence-corrected chi connectivity index (χ3v) is 19.8. The molecule has 0 radical (unpaired) electrons. The van der Waals surface area contributed by atoms with Crippen LogP contribution in [0.3, 0.4) is 0 Å². The van der Waals surface area contributed by atoms with E-state index in [0.29, 0.717) is 25.7 Å². The lowest BCUT2D eigenvalue weighted by molar-refractivity contribution is -0.161. The topological polar surface area (TPSA) is 237 Å². The van der Waals surface area contributed by atoms with E-state index < -0.39 is 97.5 Å². The Morgan fingerprint density at radius 3 is 0.817 bits per heavy atom. The molecule has 7 atom stereocenters. The fourth-order valence-corrected chi connectivity index (χ4v) is 12.8. The molecule has 0 heterocycles. The van der Waals surface area contributed by atoms with Gasteiger partial charge in [0.05, 0.1) is 26.4 Å².